The lowest BCUT2D eigenvalue weighted by Crippen LogP contribution is -2.36. The predicted molar refractivity (Wildman–Crippen MR) is 134 cm³/mol. The van der Waals surface area contributed by atoms with Gasteiger partial charge >= 0.3 is 0 Å². The van der Waals surface area contributed by atoms with Crippen molar-refractivity contribution in [1.82, 2.24) is 4.98 Å². The van der Waals surface area contributed by atoms with Crippen LogP contribution in [0.1, 0.15) is 33.3 Å². The average molecular weight is 480 g/mol. The fraction of sp³-hybridized carbons (Fsp3) is 0.364. The molecule has 1 amide bonds. The van der Waals surface area contributed by atoms with E-state index in [4.69, 9.17) is 0 Å². The molecular formula is C22H29N3O3S3. The lowest BCUT2D eigenvalue weighted by molar-refractivity contribution is -0.116. The average Bonchev–Trinajstić information content (AvgIpc) is 3.14. The highest BCUT2D eigenvalue weighted by Gasteiger charge is 2.22. The van der Waals surface area contributed by atoms with Crippen molar-refractivity contribution in [3.05, 3.63) is 48.0 Å². The Kier molecular flexibility index (Phi) is 8.90. The molecule has 0 saturated carbocycles. The number of thiazole rings is 1. The van der Waals surface area contributed by atoms with Gasteiger partial charge in [-0.25, -0.2) is 13.4 Å². The fourth-order valence-corrected chi connectivity index (χ4v) is 5.78. The maximum Gasteiger partial charge on any atom is 0.237 e. The molecule has 0 saturated heterocycles. The second kappa shape index (κ2) is 11.0. The summed E-state index contributed by atoms with van der Waals surface area (Å²) in [6, 6.07) is 13.3. The number of nitrogens with zero attached hydrogens (tertiary/aromatic N) is 2. The predicted octanol–water partition coefficient (Wildman–Crippen LogP) is 5.40. The van der Waals surface area contributed by atoms with E-state index in [0.29, 0.717) is 11.4 Å². The first-order valence-electron chi connectivity index (χ1n) is 9.78. The number of fused-ring (bicyclic) bond motifs is 2. The van der Waals surface area contributed by atoms with Gasteiger partial charge in [0, 0.05) is 12.2 Å². The fourth-order valence-electron chi connectivity index (χ4n) is 3.24. The van der Waals surface area contributed by atoms with Gasteiger partial charge in [-0.2, -0.15) is 0 Å². The molecule has 0 atom stereocenters. The van der Waals surface area contributed by atoms with Gasteiger partial charge < -0.3 is 4.90 Å². The summed E-state index contributed by atoms with van der Waals surface area (Å²) < 4.78 is 26.9. The Labute approximate surface area is 193 Å². The van der Waals surface area contributed by atoms with Crippen LogP contribution in [0.4, 0.5) is 11.4 Å². The van der Waals surface area contributed by atoms with Crippen molar-refractivity contribution >= 4 is 60.6 Å². The standard InChI is InChI=1S/C19H19N3O3S3.C2H6.CH4/c1-28(24,25)21-14-8-9-15-17(11-14)27-19(20-15)26-12-18(23)22-10-4-6-13-5-2-3-7-16(13)22;1-2;/h2-3,5,7-9,11,21H,4,6,10,12H2,1H3;1-2H3;1H4. The normalized spacial score (nSPS) is 12.9. The Balaban J connectivity index is 0.00000111. The maximum atomic E-state index is 12.8. The first kappa shape index (κ1) is 25.2. The molecule has 0 fully saturated rings. The molecule has 1 aliphatic heterocycles. The zero-order valence-electron chi connectivity index (χ0n) is 17.2. The zero-order chi connectivity index (χ0) is 21.7. The van der Waals surface area contributed by atoms with Gasteiger partial charge in [-0.1, -0.05) is 51.2 Å². The summed E-state index contributed by atoms with van der Waals surface area (Å²) >= 11 is 2.88. The van der Waals surface area contributed by atoms with E-state index in [1.165, 1.54) is 28.7 Å². The van der Waals surface area contributed by atoms with Gasteiger partial charge in [-0.15, -0.1) is 11.3 Å². The minimum absolute atomic E-state index is 0. The molecule has 0 bridgehead atoms. The molecule has 0 unspecified atom stereocenters. The van der Waals surface area contributed by atoms with Crippen molar-refractivity contribution in [2.75, 3.05) is 28.2 Å². The summed E-state index contributed by atoms with van der Waals surface area (Å²) in [4.78, 5) is 19.2. The van der Waals surface area contributed by atoms with Crippen molar-refractivity contribution in [2.45, 2.75) is 38.5 Å². The van der Waals surface area contributed by atoms with E-state index in [0.717, 1.165) is 45.9 Å². The number of hydrogen-bond donors (Lipinski definition) is 1. The highest BCUT2D eigenvalue weighted by molar-refractivity contribution is 8.01. The Morgan fingerprint density at radius 1 is 1.23 bits per heavy atom. The number of aryl methyl sites for hydroxylation is 1. The van der Waals surface area contributed by atoms with Crippen LogP contribution in [0.3, 0.4) is 0 Å². The minimum Gasteiger partial charge on any atom is -0.311 e. The van der Waals surface area contributed by atoms with Crippen LogP contribution in [0, 0.1) is 0 Å². The van der Waals surface area contributed by atoms with Crippen LogP contribution in [0.25, 0.3) is 10.2 Å². The molecule has 6 nitrogen and oxygen atoms in total. The summed E-state index contributed by atoms with van der Waals surface area (Å²) in [5, 5.41) is 0. The highest BCUT2D eigenvalue weighted by Crippen LogP contribution is 2.33. The van der Waals surface area contributed by atoms with E-state index in [1.807, 2.05) is 36.9 Å². The Hall–Kier alpha value is -2.10. The van der Waals surface area contributed by atoms with E-state index in [1.54, 1.807) is 18.2 Å². The van der Waals surface area contributed by atoms with E-state index >= 15 is 0 Å². The van der Waals surface area contributed by atoms with E-state index < -0.39 is 10.0 Å². The number of thioether (sulfide) groups is 1. The van der Waals surface area contributed by atoms with Crippen molar-refractivity contribution in [1.29, 1.82) is 0 Å². The Morgan fingerprint density at radius 3 is 2.71 bits per heavy atom. The number of anilines is 2. The monoisotopic (exact) mass is 479 g/mol. The smallest absolute Gasteiger partial charge is 0.237 e. The summed E-state index contributed by atoms with van der Waals surface area (Å²) in [5.41, 5.74) is 3.54. The molecule has 1 aromatic heterocycles. The molecule has 31 heavy (non-hydrogen) atoms. The number of sulfonamides is 1. The van der Waals surface area contributed by atoms with Crippen LogP contribution in [-0.4, -0.2) is 37.9 Å². The van der Waals surface area contributed by atoms with E-state index in [9.17, 15) is 13.2 Å². The summed E-state index contributed by atoms with van der Waals surface area (Å²) in [7, 11) is -3.32. The number of amides is 1. The second-order valence-electron chi connectivity index (χ2n) is 6.60. The van der Waals surface area contributed by atoms with Crippen molar-refractivity contribution in [2.24, 2.45) is 0 Å². The molecule has 168 valence electrons. The van der Waals surface area contributed by atoms with Gasteiger partial charge in [0.1, 0.15) is 0 Å². The van der Waals surface area contributed by atoms with E-state index in [-0.39, 0.29) is 13.3 Å². The molecule has 3 aromatic rings. The molecule has 0 radical (unpaired) electrons. The van der Waals surface area contributed by atoms with E-state index in [2.05, 4.69) is 15.8 Å². The molecule has 0 spiro atoms. The molecule has 9 heteroatoms. The number of para-hydroxylation sites is 1. The highest BCUT2D eigenvalue weighted by atomic mass is 32.2. The first-order chi connectivity index (χ1) is 14.4. The number of carbonyl (C=O) groups excluding carboxylic acids is 1. The number of carbonyl (C=O) groups is 1. The van der Waals surface area contributed by atoms with Crippen LogP contribution < -0.4 is 9.62 Å². The largest absolute Gasteiger partial charge is 0.311 e. The van der Waals surface area contributed by atoms with Crippen LogP contribution in [0.5, 0.6) is 0 Å². The van der Waals surface area contributed by atoms with Gasteiger partial charge in [0.15, 0.2) is 4.34 Å². The number of rotatable bonds is 5. The van der Waals surface area contributed by atoms with Crippen LogP contribution in [0.15, 0.2) is 46.8 Å². The quantitative estimate of drug-likeness (QED) is 0.496. The van der Waals surface area contributed by atoms with Crippen LogP contribution in [0.2, 0.25) is 0 Å². The van der Waals surface area contributed by atoms with Crippen LogP contribution in [-0.2, 0) is 21.2 Å². The number of hydrogen-bond acceptors (Lipinski definition) is 6. The lowest BCUT2D eigenvalue weighted by atomic mass is 10.0. The van der Waals surface area contributed by atoms with Crippen LogP contribution >= 0.6 is 23.1 Å². The minimum atomic E-state index is -3.32. The topological polar surface area (TPSA) is 79.4 Å². The number of nitrogens with one attached hydrogen (secondary N) is 1. The SMILES string of the molecule is C.CC.CS(=O)(=O)Nc1ccc2nc(SCC(=O)N3CCCc4ccccc43)sc2c1. The molecule has 4 rings (SSSR count). The maximum absolute atomic E-state index is 12.8. The number of aromatic nitrogens is 1. The third-order valence-electron chi connectivity index (χ3n) is 4.40. The van der Waals surface area contributed by atoms with Crippen molar-refractivity contribution in [3.8, 4) is 0 Å². The van der Waals surface area contributed by atoms with Gasteiger partial charge in [0.25, 0.3) is 0 Å². The molecule has 2 heterocycles. The zero-order valence-corrected chi connectivity index (χ0v) is 19.7. The summed E-state index contributed by atoms with van der Waals surface area (Å²) in [6.45, 7) is 4.75. The van der Waals surface area contributed by atoms with Gasteiger partial charge in [0.2, 0.25) is 15.9 Å². The van der Waals surface area contributed by atoms with Crippen molar-refractivity contribution in [3.63, 3.8) is 0 Å². The molecule has 2 aromatic carbocycles. The van der Waals surface area contributed by atoms with Gasteiger partial charge in [-0.05, 0) is 42.7 Å². The molecule has 0 aliphatic carbocycles. The number of benzene rings is 2. The molecule has 1 N–H and O–H groups in total. The van der Waals surface area contributed by atoms with Crippen molar-refractivity contribution < 1.29 is 13.2 Å². The Bertz CT molecular complexity index is 1140. The van der Waals surface area contributed by atoms with Gasteiger partial charge in [-0.3, -0.25) is 9.52 Å². The summed E-state index contributed by atoms with van der Waals surface area (Å²) in [6.07, 6.45) is 3.11. The second-order valence-corrected chi connectivity index (χ2v) is 10.6. The third-order valence-corrected chi connectivity index (χ3v) is 7.15. The molecule has 1 aliphatic rings. The molecular weight excluding hydrogens is 450 g/mol. The Morgan fingerprint density at radius 2 is 1.97 bits per heavy atom. The summed E-state index contributed by atoms with van der Waals surface area (Å²) in [5.74, 6) is 0.402. The lowest BCUT2D eigenvalue weighted by Gasteiger charge is -2.29. The third kappa shape index (κ3) is 6.44. The first-order valence-corrected chi connectivity index (χ1v) is 13.5. The van der Waals surface area contributed by atoms with Gasteiger partial charge in [0.05, 0.1) is 27.9 Å².